The van der Waals surface area contributed by atoms with Crippen LogP contribution in [0, 0.1) is 63.2 Å². The van der Waals surface area contributed by atoms with E-state index in [0.717, 1.165) is 130 Å². The largest absolute Gasteiger partial charge is 0.507 e. The van der Waals surface area contributed by atoms with E-state index in [1.165, 1.54) is 103 Å². The zero-order valence-corrected chi connectivity index (χ0v) is 41.7. The van der Waals surface area contributed by atoms with Gasteiger partial charge in [-0.1, -0.05) is 145 Å². The summed E-state index contributed by atoms with van der Waals surface area (Å²) in [4.78, 5) is 0. The minimum atomic E-state index is -0.248. The topological polar surface area (TPSA) is 58.9 Å². The van der Waals surface area contributed by atoms with Crippen molar-refractivity contribution in [3.05, 3.63) is 33.4 Å². The predicted octanol–water partition coefficient (Wildman–Crippen LogP) is 17.0. The van der Waals surface area contributed by atoms with Crippen LogP contribution in [-0.4, -0.2) is 21.4 Å². The van der Waals surface area contributed by atoms with Gasteiger partial charge in [-0.25, -0.2) is 0 Å². The van der Waals surface area contributed by atoms with Gasteiger partial charge in [-0.2, -0.15) is 0 Å². The maximum absolute atomic E-state index is 12.0. The molecule has 4 heteroatoms. The minimum absolute atomic E-state index is 0.248. The van der Waals surface area contributed by atoms with Crippen molar-refractivity contribution < 1.29 is 19.7 Å². The second-order valence-corrected chi connectivity index (χ2v) is 22.4. The summed E-state index contributed by atoms with van der Waals surface area (Å²) in [5.41, 5.74) is 6.80. The first-order chi connectivity index (χ1) is 28.3. The molecular weight excluding hydrogens is 737 g/mol. The molecule has 2 aliphatic rings. The Morgan fingerprint density at radius 2 is 0.717 bits per heavy atom. The van der Waals surface area contributed by atoms with Crippen LogP contribution >= 0.6 is 0 Å². The molecule has 2 aliphatic heterocycles. The Morgan fingerprint density at radius 1 is 0.433 bits per heavy atom. The van der Waals surface area contributed by atoms with Crippen molar-refractivity contribution >= 4 is 0 Å². The van der Waals surface area contributed by atoms with Crippen molar-refractivity contribution in [3.8, 4) is 34.1 Å². The Morgan fingerprint density at radius 3 is 1.02 bits per heavy atom. The van der Waals surface area contributed by atoms with Gasteiger partial charge in [-0.3, -0.25) is 0 Å². The Labute approximate surface area is 370 Å². The molecule has 0 saturated carbocycles. The molecule has 60 heavy (non-hydrogen) atoms. The van der Waals surface area contributed by atoms with E-state index in [1.807, 2.05) is 13.8 Å². The van der Waals surface area contributed by atoms with Crippen LogP contribution in [-0.2, 0) is 12.8 Å². The highest BCUT2D eigenvalue weighted by molar-refractivity contribution is 5.88. The number of hydrogen-bond acceptors (Lipinski definition) is 4. The molecule has 0 bridgehead atoms. The molecule has 4 nitrogen and oxygen atoms in total. The van der Waals surface area contributed by atoms with Crippen LogP contribution in [0.3, 0.4) is 0 Å². The average molecular weight is 831 g/mol. The zero-order chi connectivity index (χ0) is 44.4. The normalized spacial score (nSPS) is 21.0. The smallest absolute Gasteiger partial charge is 0.127 e. The molecule has 342 valence electrons. The fourth-order valence-electron chi connectivity index (χ4n) is 10.7. The van der Waals surface area contributed by atoms with Crippen LogP contribution in [0.4, 0.5) is 0 Å². The second kappa shape index (κ2) is 22.8. The number of phenolic OH excluding ortho intramolecular Hbond substituents is 2. The lowest BCUT2D eigenvalue weighted by Gasteiger charge is -2.40. The monoisotopic (exact) mass is 831 g/mol. The average Bonchev–Trinajstić information content (AvgIpc) is 3.17. The van der Waals surface area contributed by atoms with Gasteiger partial charge < -0.3 is 19.7 Å². The summed E-state index contributed by atoms with van der Waals surface area (Å²) in [6.07, 6.45) is 26.5. The van der Waals surface area contributed by atoms with E-state index in [0.29, 0.717) is 0 Å². The van der Waals surface area contributed by atoms with Crippen molar-refractivity contribution in [1.29, 1.82) is 0 Å². The molecule has 0 spiro atoms. The van der Waals surface area contributed by atoms with Crippen LogP contribution in [0.5, 0.6) is 23.0 Å². The number of aromatic hydroxyl groups is 2. The summed E-state index contributed by atoms with van der Waals surface area (Å²) in [7, 11) is 0. The number of fused-ring (bicyclic) bond motifs is 2. The molecule has 0 saturated heterocycles. The lowest BCUT2D eigenvalue weighted by molar-refractivity contribution is 0.0507. The third kappa shape index (κ3) is 13.8. The quantitative estimate of drug-likeness (QED) is 0.105. The minimum Gasteiger partial charge on any atom is -0.507 e. The maximum atomic E-state index is 12.0. The van der Waals surface area contributed by atoms with E-state index in [4.69, 9.17) is 9.47 Å². The highest BCUT2D eigenvalue weighted by Crippen LogP contribution is 2.55. The molecule has 0 aliphatic carbocycles. The van der Waals surface area contributed by atoms with Crippen LogP contribution in [0.1, 0.15) is 231 Å². The molecule has 2 aromatic carbocycles. The van der Waals surface area contributed by atoms with Crippen molar-refractivity contribution in [2.45, 2.75) is 249 Å². The predicted molar refractivity (Wildman–Crippen MR) is 258 cm³/mol. The van der Waals surface area contributed by atoms with Crippen molar-refractivity contribution in [3.63, 3.8) is 0 Å². The molecule has 0 unspecified atom stereocenters. The Kier molecular flexibility index (Phi) is 19.1. The summed E-state index contributed by atoms with van der Waals surface area (Å²) in [6.45, 7) is 31.9. The Bertz CT molecular complexity index is 1530. The molecule has 0 fully saturated rings. The van der Waals surface area contributed by atoms with Crippen molar-refractivity contribution in [2.24, 2.45) is 35.5 Å². The highest BCUT2D eigenvalue weighted by atomic mass is 16.5. The van der Waals surface area contributed by atoms with Gasteiger partial charge in [0.1, 0.15) is 34.2 Å². The molecule has 0 amide bonds. The Hall–Kier alpha value is -2.36. The standard InChI is InChI=1S/C56H94O4/c1-37(2)21-15-23-39(5)25-17-27-41(7)29-19-33-55(13)35-31-47-49(51(57)43(9)45(11)53(47)59-55)50-48-32-36-56(14,60-54(48)46(12)44(10)52(50)58)34-20-30-42(8)28-18-26-40(6)24-16-22-38(3)4/h37-42,57-58H,15-36H2,1-14H3/t39-,40-,41-,42-,55-,56-/m1/s1. The van der Waals surface area contributed by atoms with Gasteiger partial charge in [0.05, 0.1) is 0 Å². The molecule has 6 atom stereocenters. The van der Waals surface area contributed by atoms with Gasteiger partial charge >= 0.3 is 0 Å². The fourth-order valence-corrected chi connectivity index (χ4v) is 10.7. The van der Waals surface area contributed by atoms with E-state index >= 15 is 0 Å². The second-order valence-electron chi connectivity index (χ2n) is 22.4. The van der Waals surface area contributed by atoms with Crippen LogP contribution in [0.15, 0.2) is 0 Å². The Balaban J connectivity index is 1.41. The van der Waals surface area contributed by atoms with Crippen molar-refractivity contribution in [2.75, 3.05) is 0 Å². The summed E-state index contributed by atoms with van der Waals surface area (Å²) in [5.74, 6) is 7.16. The summed E-state index contributed by atoms with van der Waals surface area (Å²) >= 11 is 0. The lowest BCUT2D eigenvalue weighted by Crippen LogP contribution is -2.37. The van der Waals surface area contributed by atoms with E-state index in [9.17, 15) is 10.2 Å². The fraction of sp³-hybridized carbons (Fsp3) is 0.786. The summed E-state index contributed by atoms with van der Waals surface area (Å²) in [5, 5.41) is 24.0. The van der Waals surface area contributed by atoms with Gasteiger partial charge in [-0.05, 0) is 151 Å². The molecule has 0 aromatic heterocycles. The van der Waals surface area contributed by atoms with Crippen molar-refractivity contribution in [1.82, 2.24) is 0 Å². The maximum Gasteiger partial charge on any atom is 0.127 e. The molecule has 0 radical (unpaired) electrons. The first-order valence-corrected chi connectivity index (χ1v) is 25.3. The zero-order valence-electron chi connectivity index (χ0n) is 41.7. The molecular formula is C56H94O4. The highest BCUT2D eigenvalue weighted by Gasteiger charge is 2.40. The molecule has 4 rings (SSSR count). The first-order valence-electron chi connectivity index (χ1n) is 25.3. The van der Waals surface area contributed by atoms with E-state index in [2.05, 4.69) is 83.1 Å². The third-order valence-electron chi connectivity index (χ3n) is 15.4. The van der Waals surface area contributed by atoms with Gasteiger partial charge in [0.2, 0.25) is 0 Å². The van der Waals surface area contributed by atoms with E-state index in [-0.39, 0.29) is 22.7 Å². The molecule has 2 heterocycles. The van der Waals surface area contributed by atoms with Gasteiger partial charge in [0.15, 0.2) is 0 Å². The number of phenols is 2. The number of benzene rings is 2. The number of hydrogen-bond donors (Lipinski definition) is 2. The van der Waals surface area contributed by atoms with Gasteiger partial charge in [0, 0.05) is 22.3 Å². The lowest BCUT2D eigenvalue weighted by atomic mass is 9.78. The molecule has 2 N–H and O–H groups in total. The van der Waals surface area contributed by atoms with E-state index in [1.54, 1.807) is 0 Å². The SMILES string of the molecule is Cc1c(C)c2c(c(-c3c(O)c(C)c(C)c4c3CC[C@@](C)(CCC[C@H](C)CCC[C@H](C)CCCC(C)C)O4)c1O)CC[C@@](C)(CCC[C@H](C)CCC[C@H](C)CCCC(C)C)O2. The van der Waals surface area contributed by atoms with Crippen LogP contribution < -0.4 is 9.47 Å². The molecule has 2 aromatic rings. The van der Waals surface area contributed by atoms with E-state index < -0.39 is 0 Å². The number of rotatable bonds is 25. The number of ether oxygens (including phenoxy) is 2. The summed E-state index contributed by atoms with van der Waals surface area (Å²) < 4.78 is 14.1. The van der Waals surface area contributed by atoms with Gasteiger partial charge in [0.25, 0.3) is 0 Å². The van der Waals surface area contributed by atoms with Crippen LogP contribution in [0.25, 0.3) is 11.1 Å². The first kappa shape index (κ1) is 50.3. The van der Waals surface area contributed by atoms with Crippen LogP contribution in [0.2, 0.25) is 0 Å². The summed E-state index contributed by atoms with van der Waals surface area (Å²) in [6, 6.07) is 0. The van der Waals surface area contributed by atoms with Gasteiger partial charge in [-0.15, -0.1) is 0 Å². The third-order valence-corrected chi connectivity index (χ3v) is 15.4.